The van der Waals surface area contributed by atoms with Crippen molar-refractivity contribution in [3.05, 3.63) is 52.2 Å². The van der Waals surface area contributed by atoms with Crippen LogP contribution in [0.5, 0.6) is 0 Å². The molecule has 1 amide bonds. The lowest BCUT2D eigenvalue weighted by Gasteiger charge is -2.30. The molecule has 128 valence electrons. The van der Waals surface area contributed by atoms with E-state index in [1.165, 1.54) is 0 Å². The summed E-state index contributed by atoms with van der Waals surface area (Å²) in [5.41, 5.74) is 8.35. The Labute approximate surface area is 143 Å². The summed E-state index contributed by atoms with van der Waals surface area (Å²) in [5.74, 6) is 0.0427. The predicted octanol–water partition coefficient (Wildman–Crippen LogP) is 0.848. The molecule has 8 nitrogen and oxygen atoms in total. The van der Waals surface area contributed by atoms with Gasteiger partial charge >= 0.3 is 0 Å². The highest BCUT2D eigenvalue weighted by molar-refractivity contribution is 5.83. The molecule has 1 aromatic carbocycles. The maximum atomic E-state index is 13.0. The molecule has 0 radical (unpaired) electrons. The van der Waals surface area contributed by atoms with E-state index in [0.717, 1.165) is 11.0 Å². The molecule has 1 atom stereocenters. The standard InChI is InChI=1S/C17H18N6O2/c1-10(23-9-19-12-4-2-3-5-14(12)23)16(25)22-7-6-11-13(8-22)20-17(18)21-15(11)24/h2-5,9-10H,6-8H2,1H3,(H3,18,20,21,24). The normalized spacial score (nSPS) is 15.2. The Bertz CT molecular complexity index is 1020. The zero-order valence-corrected chi connectivity index (χ0v) is 13.8. The molecule has 1 aliphatic rings. The van der Waals surface area contributed by atoms with Crippen LogP contribution in [-0.2, 0) is 17.8 Å². The van der Waals surface area contributed by atoms with Gasteiger partial charge in [0, 0.05) is 12.1 Å². The van der Waals surface area contributed by atoms with E-state index >= 15 is 0 Å². The SMILES string of the molecule is CC(C(=O)N1CCc2c(nc(N)[nH]c2=O)C1)n1cnc2ccccc21. The summed E-state index contributed by atoms with van der Waals surface area (Å²) in [5, 5.41) is 0. The zero-order chi connectivity index (χ0) is 17.6. The number of carbonyl (C=O) groups is 1. The number of anilines is 1. The fourth-order valence-corrected chi connectivity index (χ4v) is 3.32. The minimum atomic E-state index is -0.395. The number of aromatic nitrogens is 4. The number of nitrogens with one attached hydrogen (secondary N) is 1. The summed E-state index contributed by atoms with van der Waals surface area (Å²) >= 11 is 0. The first kappa shape index (κ1) is 15.4. The molecule has 25 heavy (non-hydrogen) atoms. The molecule has 2 aromatic heterocycles. The monoisotopic (exact) mass is 338 g/mol. The van der Waals surface area contributed by atoms with Gasteiger partial charge in [0.15, 0.2) is 0 Å². The Morgan fingerprint density at radius 1 is 1.36 bits per heavy atom. The maximum Gasteiger partial charge on any atom is 0.255 e. The van der Waals surface area contributed by atoms with Crippen LogP contribution >= 0.6 is 0 Å². The number of amides is 1. The Morgan fingerprint density at radius 2 is 2.16 bits per heavy atom. The van der Waals surface area contributed by atoms with Crippen LogP contribution in [0.1, 0.15) is 24.2 Å². The van der Waals surface area contributed by atoms with Crippen molar-refractivity contribution in [2.75, 3.05) is 12.3 Å². The van der Waals surface area contributed by atoms with Gasteiger partial charge in [-0.25, -0.2) is 9.97 Å². The summed E-state index contributed by atoms with van der Waals surface area (Å²) in [6, 6.07) is 7.31. The van der Waals surface area contributed by atoms with Crippen molar-refractivity contribution in [2.45, 2.75) is 25.9 Å². The molecule has 1 aliphatic heterocycles. The van der Waals surface area contributed by atoms with Crippen LogP contribution in [-0.4, -0.2) is 36.9 Å². The lowest BCUT2D eigenvalue weighted by atomic mass is 10.1. The van der Waals surface area contributed by atoms with E-state index in [1.54, 1.807) is 11.2 Å². The summed E-state index contributed by atoms with van der Waals surface area (Å²) in [6.07, 6.45) is 2.16. The summed E-state index contributed by atoms with van der Waals surface area (Å²) < 4.78 is 1.87. The number of nitrogens with zero attached hydrogens (tertiary/aromatic N) is 4. The maximum absolute atomic E-state index is 13.0. The van der Waals surface area contributed by atoms with Gasteiger partial charge in [-0.2, -0.15) is 0 Å². The zero-order valence-electron chi connectivity index (χ0n) is 13.8. The number of H-pyrrole nitrogens is 1. The van der Waals surface area contributed by atoms with Gasteiger partial charge in [-0.05, 0) is 25.5 Å². The van der Waals surface area contributed by atoms with Gasteiger partial charge in [0.2, 0.25) is 11.9 Å². The van der Waals surface area contributed by atoms with E-state index in [2.05, 4.69) is 15.0 Å². The Morgan fingerprint density at radius 3 is 3.00 bits per heavy atom. The Hall–Kier alpha value is -3.16. The molecule has 3 N–H and O–H groups in total. The van der Waals surface area contributed by atoms with Crippen molar-refractivity contribution >= 4 is 22.9 Å². The van der Waals surface area contributed by atoms with Crippen molar-refractivity contribution in [1.29, 1.82) is 0 Å². The minimum Gasteiger partial charge on any atom is -0.369 e. The van der Waals surface area contributed by atoms with Gasteiger partial charge < -0.3 is 15.2 Å². The third-order valence-corrected chi connectivity index (χ3v) is 4.66. The number of nitrogen functional groups attached to an aromatic ring is 1. The first-order chi connectivity index (χ1) is 12.0. The molecule has 8 heteroatoms. The van der Waals surface area contributed by atoms with Crippen molar-refractivity contribution in [3.8, 4) is 0 Å². The molecular weight excluding hydrogens is 320 g/mol. The molecule has 4 rings (SSSR count). The third-order valence-electron chi connectivity index (χ3n) is 4.66. The quantitative estimate of drug-likeness (QED) is 0.720. The van der Waals surface area contributed by atoms with Crippen LogP contribution in [0.3, 0.4) is 0 Å². The Kier molecular flexibility index (Phi) is 3.52. The third kappa shape index (κ3) is 2.55. The number of benzene rings is 1. The van der Waals surface area contributed by atoms with E-state index in [-0.39, 0.29) is 17.4 Å². The smallest absolute Gasteiger partial charge is 0.255 e. The van der Waals surface area contributed by atoms with Gasteiger partial charge in [-0.3, -0.25) is 14.6 Å². The van der Waals surface area contributed by atoms with Crippen molar-refractivity contribution < 1.29 is 4.79 Å². The van der Waals surface area contributed by atoms with E-state index in [9.17, 15) is 9.59 Å². The lowest BCUT2D eigenvalue weighted by molar-refractivity contribution is -0.135. The van der Waals surface area contributed by atoms with Gasteiger partial charge in [0.1, 0.15) is 6.04 Å². The second kappa shape index (κ2) is 5.73. The van der Waals surface area contributed by atoms with Crippen LogP contribution in [0.4, 0.5) is 5.95 Å². The number of rotatable bonds is 2. The number of carbonyl (C=O) groups excluding carboxylic acids is 1. The molecule has 0 saturated carbocycles. The molecule has 0 bridgehead atoms. The van der Waals surface area contributed by atoms with Crippen molar-refractivity contribution in [2.24, 2.45) is 0 Å². The first-order valence-corrected chi connectivity index (χ1v) is 8.12. The van der Waals surface area contributed by atoms with E-state index in [4.69, 9.17) is 5.73 Å². The number of aromatic amines is 1. The van der Waals surface area contributed by atoms with E-state index in [1.807, 2.05) is 35.8 Å². The fraction of sp³-hybridized carbons (Fsp3) is 0.294. The average molecular weight is 338 g/mol. The summed E-state index contributed by atoms with van der Waals surface area (Å²) in [7, 11) is 0. The number of imidazole rings is 1. The highest BCUT2D eigenvalue weighted by Crippen LogP contribution is 2.22. The number of hydrogen-bond acceptors (Lipinski definition) is 5. The van der Waals surface area contributed by atoms with Gasteiger partial charge in [0.05, 0.1) is 29.6 Å². The fourth-order valence-electron chi connectivity index (χ4n) is 3.32. The summed E-state index contributed by atoms with van der Waals surface area (Å²) in [6.45, 7) is 2.63. The van der Waals surface area contributed by atoms with Gasteiger partial charge in [0.25, 0.3) is 5.56 Å². The highest BCUT2D eigenvalue weighted by atomic mass is 16.2. The van der Waals surface area contributed by atoms with Crippen LogP contribution in [0.15, 0.2) is 35.4 Å². The molecule has 0 fully saturated rings. The second-order valence-corrected chi connectivity index (χ2v) is 6.20. The topological polar surface area (TPSA) is 110 Å². The Balaban J connectivity index is 1.62. The van der Waals surface area contributed by atoms with E-state index in [0.29, 0.717) is 30.8 Å². The molecule has 0 saturated heterocycles. The lowest BCUT2D eigenvalue weighted by Crippen LogP contribution is -2.42. The van der Waals surface area contributed by atoms with Crippen LogP contribution < -0.4 is 11.3 Å². The molecule has 3 heterocycles. The number of fused-ring (bicyclic) bond motifs is 2. The number of nitrogens with two attached hydrogens (primary N) is 1. The van der Waals surface area contributed by atoms with Crippen LogP contribution in [0, 0.1) is 0 Å². The van der Waals surface area contributed by atoms with Crippen LogP contribution in [0.2, 0.25) is 0 Å². The molecular formula is C17H18N6O2. The molecule has 3 aromatic rings. The minimum absolute atomic E-state index is 0.0329. The van der Waals surface area contributed by atoms with E-state index < -0.39 is 6.04 Å². The van der Waals surface area contributed by atoms with Crippen LogP contribution in [0.25, 0.3) is 11.0 Å². The molecule has 0 spiro atoms. The summed E-state index contributed by atoms with van der Waals surface area (Å²) in [4.78, 5) is 37.6. The van der Waals surface area contributed by atoms with Crippen molar-refractivity contribution in [3.63, 3.8) is 0 Å². The predicted molar refractivity (Wildman–Crippen MR) is 92.8 cm³/mol. The number of para-hydroxylation sites is 2. The average Bonchev–Trinajstić information content (AvgIpc) is 3.04. The molecule has 1 unspecified atom stereocenters. The van der Waals surface area contributed by atoms with Gasteiger partial charge in [-0.15, -0.1) is 0 Å². The first-order valence-electron chi connectivity index (χ1n) is 8.12. The highest BCUT2D eigenvalue weighted by Gasteiger charge is 2.28. The second-order valence-electron chi connectivity index (χ2n) is 6.20. The largest absolute Gasteiger partial charge is 0.369 e. The molecule has 0 aliphatic carbocycles. The van der Waals surface area contributed by atoms with Gasteiger partial charge in [-0.1, -0.05) is 12.1 Å². The number of hydrogen-bond donors (Lipinski definition) is 2. The van der Waals surface area contributed by atoms with Crippen molar-refractivity contribution in [1.82, 2.24) is 24.4 Å².